The molecule has 0 saturated heterocycles. The standard InChI is InChI=1S/C17H30BrN3/c1-6-14-16(18)15(21(7-2)20-14)10-12-8-9-13(12)11-19-17(3,4)5/h12-13,19H,6-11H2,1-5H3. The first-order chi connectivity index (χ1) is 9.85. The third-order valence-corrected chi connectivity index (χ3v) is 5.53. The van der Waals surface area contributed by atoms with E-state index >= 15 is 0 Å². The highest BCUT2D eigenvalue weighted by molar-refractivity contribution is 9.10. The van der Waals surface area contributed by atoms with E-state index in [0.717, 1.165) is 37.8 Å². The van der Waals surface area contributed by atoms with Crippen LogP contribution in [0.4, 0.5) is 0 Å². The number of aromatic nitrogens is 2. The average molecular weight is 356 g/mol. The summed E-state index contributed by atoms with van der Waals surface area (Å²) in [5.74, 6) is 1.63. The molecule has 1 aromatic heterocycles. The fourth-order valence-electron chi connectivity index (χ4n) is 3.07. The van der Waals surface area contributed by atoms with Crippen molar-refractivity contribution in [2.45, 2.75) is 72.4 Å². The summed E-state index contributed by atoms with van der Waals surface area (Å²) in [5, 5.41) is 8.39. The van der Waals surface area contributed by atoms with Crippen molar-refractivity contribution in [3.05, 3.63) is 15.9 Å². The summed E-state index contributed by atoms with van der Waals surface area (Å²) in [4.78, 5) is 0. The zero-order valence-electron chi connectivity index (χ0n) is 14.2. The molecule has 1 saturated carbocycles. The van der Waals surface area contributed by atoms with Crippen LogP contribution in [0.5, 0.6) is 0 Å². The molecule has 1 fully saturated rings. The smallest absolute Gasteiger partial charge is 0.0766 e. The van der Waals surface area contributed by atoms with E-state index in [1.165, 1.54) is 28.7 Å². The van der Waals surface area contributed by atoms with Crippen LogP contribution in [-0.4, -0.2) is 21.9 Å². The Morgan fingerprint density at radius 1 is 1.24 bits per heavy atom. The van der Waals surface area contributed by atoms with Crippen molar-refractivity contribution in [2.75, 3.05) is 6.54 Å². The van der Waals surface area contributed by atoms with Crippen LogP contribution in [-0.2, 0) is 19.4 Å². The molecule has 1 aromatic rings. The predicted octanol–water partition coefficient (Wildman–Crippen LogP) is 4.18. The van der Waals surface area contributed by atoms with Gasteiger partial charge in [0.2, 0.25) is 0 Å². The molecule has 120 valence electrons. The summed E-state index contributed by atoms with van der Waals surface area (Å²) in [7, 11) is 0. The highest BCUT2D eigenvalue weighted by atomic mass is 79.9. The molecule has 0 aromatic carbocycles. The second kappa shape index (κ2) is 6.82. The number of hydrogen-bond donors (Lipinski definition) is 1. The highest BCUT2D eigenvalue weighted by Crippen LogP contribution is 2.38. The Labute approximate surface area is 138 Å². The van der Waals surface area contributed by atoms with Gasteiger partial charge in [0.1, 0.15) is 0 Å². The molecule has 2 atom stereocenters. The van der Waals surface area contributed by atoms with E-state index in [-0.39, 0.29) is 5.54 Å². The molecule has 21 heavy (non-hydrogen) atoms. The van der Waals surface area contributed by atoms with Gasteiger partial charge in [-0.25, -0.2) is 0 Å². The summed E-state index contributed by atoms with van der Waals surface area (Å²) in [6.07, 6.45) is 4.89. The van der Waals surface area contributed by atoms with Crippen molar-refractivity contribution in [2.24, 2.45) is 11.8 Å². The fourth-order valence-corrected chi connectivity index (χ4v) is 3.80. The Hall–Kier alpha value is -0.350. The maximum atomic E-state index is 4.72. The molecule has 3 nitrogen and oxygen atoms in total. The molecule has 1 aliphatic carbocycles. The van der Waals surface area contributed by atoms with Crippen molar-refractivity contribution >= 4 is 15.9 Å². The molecule has 2 unspecified atom stereocenters. The molecule has 1 N–H and O–H groups in total. The second-order valence-electron chi connectivity index (χ2n) is 7.31. The van der Waals surface area contributed by atoms with E-state index in [0.29, 0.717) is 0 Å². The van der Waals surface area contributed by atoms with E-state index in [9.17, 15) is 0 Å². The lowest BCUT2D eigenvalue weighted by molar-refractivity contribution is 0.157. The van der Waals surface area contributed by atoms with Gasteiger partial charge in [0, 0.05) is 12.1 Å². The van der Waals surface area contributed by atoms with E-state index in [1.807, 2.05) is 0 Å². The minimum absolute atomic E-state index is 0.224. The number of rotatable bonds is 6. The first-order valence-corrected chi connectivity index (χ1v) is 9.14. The lowest BCUT2D eigenvalue weighted by Gasteiger charge is -2.39. The highest BCUT2D eigenvalue weighted by Gasteiger charge is 2.33. The largest absolute Gasteiger partial charge is 0.312 e. The van der Waals surface area contributed by atoms with E-state index < -0.39 is 0 Å². The number of nitrogens with zero attached hydrogens (tertiary/aromatic N) is 2. The van der Waals surface area contributed by atoms with Crippen molar-refractivity contribution < 1.29 is 0 Å². The summed E-state index contributed by atoms with van der Waals surface area (Å²) >= 11 is 3.78. The van der Waals surface area contributed by atoms with Gasteiger partial charge >= 0.3 is 0 Å². The molecule has 0 spiro atoms. The van der Waals surface area contributed by atoms with Crippen LogP contribution < -0.4 is 5.32 Å². The number of hydrogen-bond acceptors (Lipinski definition) is 2. The molecule has 1 aliphatic rings. The predicted molar refractivity (Wildman–Crippen MR) is 92.7 cm³/mol. The van der Waals surface area contributed by atoms with E-state index in [4.69, 9.17) is 5.10 Å². The van der Waals surface area contributed by atoms with Gasteiger partial charge in [-0.05, 0) is 87.7 Å². The van der Waals surface area contributed by atoms with Gasteiger partial charge in [-0.15, -0.1) is 0 Å². The Morgan fingerprint density at radius 3 is 2.38 bits per heavy atom. The summed E-state index contributed by atoms with van der Waals surface area (Å²) in [5.41, 5.74) is 2.83. The van der Waals surface area contributed by atoms with Gasteiger partial charge in [-0.3, -0.25) is 4.68 Å². The van der Waals surface area contributed by atoms with Gasteiger partial charge in [-0.2, -0.15) is 5.10 Å². The zero-order valence-corrected chi connectivity index (χ0v) is 15.8. The molecule has 0 bridgehead atoms. The quantitative estimate of drug-likeness (QED) is 0.829. The van der Waals surface area contributed by atoms with Gasteiger partial charge in [0.25, 0.3) is 0 Å². The summed E-state index contributed by atoms with van der Waals surface area (Å²) < 4.78 is 3.44. The van der Waals surface area contributed by atoms with Crippen molar-refractivity contribution in [3.63, 3.8) is 0 Å². The summed E-state index contributed by atoms with van der Waals surface area (Å²) in [6.45, 7) is 13.2. The van der Waals surface area contributed by atoms with E-state index in [2.05, 4.69) is 60.5 Å². The van der Waals surface area contributed by atoms with E-state index in [1.54, 1.807) is 0 Å². The Balaban J connectivity index is 2.00. The molecule has 0 radical (unpaired) electrons. The molecule has 0 amide bonds. The second-order valence-corrected chi connectivity index (χ2v) is 8.10. The van der Waals surface area contributed by atoms with Crippen LogP contribution >= 0.6 is 15.9 Å². The van der Waals surface area contributed by atoms with Gasteiger partial charge in [0.15, 0.2) is 0 Å². The first-order valence-electron chi connectivity index (χ1n) is 8.34. The third kappa shape index (κ3) is 4.10. The number of aryl methyl sites for hydroxylation is 2. The van der Waals surface area contributed by atoms with Crippen LogP contribution in [0.3, 0.4) is 0 Å². The first kappa shape index (κ1) is 17.0. The fraction of sp³-hybridized carbons (Fsp3) is 0.824. The molecule has 0 aliphatic heterocycles. The van der Waals surface area contributed by atoms with Crippen LogP contribution in [0, 0.1) is 11.8 Å². The Morgan fingerprint density at radius 2 is 1.90 bits per heavy atom. The van der Waals surface area contributed by atoms with Crippen LogP contribution in [0.15, 0.2) is 4.47 Å². The monoisotopic (exact) mass is 355 g/mol. The maximum Gasteiger partial charge on any atom is 0.0766 e. The molecular weight excluding hydrogens is 326 g/mol. The third-order valence-electron chi connectivity index (χ3n) is 4.62. The molecule has 1 heterocycles. The number of nitrogens with one attached hydrogen (secondary N) is 1. The van der Waals surface area contributed by atoms with Crippen LogP contribution in [0.25, 0.3) is 0 Å². The van der Waals surface area contributed by atoms with Crippen molar-refractivity contribution in [3.8, 4) is 0 Å². The van der Waals surface area contributed by atoms with Crippen LogP contribution in [0.2, 0.25) is 0 Å². The average Bonchev–Trinajstić information content (AvgIpc) is 2.69. The lowest BCUT2D eigenvalue weighted by Crippen LogP contribution is -2.44. The zero-order chi connectivity index (χ0) is 15.6. The van der Waals surface area contributed by atoms with Gasteiger partial charge < -0.3 is 5.32 Å². The Kier molecular flexibility index (Phi) is 5.53. The minimum atomic E-state index is 0.224. The minimum Gasteiger partial charge on any atom is -0.312 e. The van der Waals surface area contributed by atoms with Gasteiger partial charge in [0.05, 0.1) is 15.9 Å². The van der Waals surface area contributed by atoms with Crippen molar-refractivity contribution in [1.29, 1.82) is 0 Å². The molecule has 2 rings (SSSR count). The summed E-state index contributed by atoms with van der Waals surface area (Å²) in [6, 6.07) is 0. The topological polar surface area (TPSA) is 29.9 Å². The maximum absolute atomic E-state index is 4.72. The molecular formula is C17H30BrN3. The number of halogens is 1. The molecule has 4 heteroatoms. The van der Waals surface area contributed by atoms with Crippen molar-refractivity contribution in [1.82, 2.24) is 15.1 Å². The van der Waals surface area contributed by atoms with Crippen LogP contribution in [0.1, 0.15) is 58.8 Å². The lowest BCUT2D eigenvalue weighted by atomic mass is 9.71. The van der Waals surface area contributed by atoms with Gasteiger partial charge in [-0.1, -0.05) is 6.92 Å². The SMILES string of the molecule is CCc1nn(CC)c(CC2CCC2CNC(C)(C)C)c1Br. The normalized spacial score (nSPS) is 22.4. The Bertz CT molecular complexity index is 473.